The Bertz CT molecular complexity index is 273. The molecule has 0 radical (unpaired) electrons. The fourth-order valence-electron chi connectivity index (χ4n) is 0.963. The Morgan fingerprint density at radius 2 is 2.08 bits per heavy atom. The summed E-state index contributed by atoms with van der Waals surface area (Å²) in [6.45, 7) is -0.392. The number of nitrogens with zero attached hydrogens (tertiary/aromatic N) is 1. The van der Waals surface area contributed by atoms with Crippen molar-refractivity contribution in [1.82, 2.24) is 0 Å². The van der Waals surface area contributed by atoms with Crippen LogP contribution in [0.5, 0.6) is 0 Å². The first-order valence-corrected chi connectivity index (χ1v) is 3.81. The van der Waals surface area contributed by atoms with Crippen molar-refractivity contribution in [3.05, 3.63) is 30.3 Å². The quantitative estimate of drug-likeness (QED) is 0.697. The lowest BCUT2D eigenvalue weighted by Crippen LogP contribution is -2.31. The predicted molar refractivity (Wildman–Crippen MR) is 48.4 cm³/mol. The molecule has 4 nitrogen and oxygen atoms in total. The van der Waals surface area contributed by atoms with E-state index in [0.717, 1.165) is 4.90 Å². The number of hydrogen-bond acceptors (Lipinski definition) is 3. The number of amides is 1. The summed E-state index contributed by atoms with van der Waals surface area (Å²) in [4.78, 5) is 12.2. The van der Waals surface area contributed by atoms with Gasteiger partial charge in [-0.3, -0.25) is 4.90 Å². The Labute approximate surface area is 76.4 Å². The summed E-state index contributed by atoms with van der Waals surface area (Å²) in [7, 11) is 1.27. The van der Waals surface area contributed by atoms with Crippen LogP contribution in [0.4, 0.5) is 10.5 Å². The summed E-state index contributed by atoms with van der Waals surface area (Å²) in [6.07, 6.45) is -0.575. The Kier molecular flexibility index (Phi) is 3.28. The van der Waals surface area contributed by atoms with Crippen molar-refractivity contribution in [2.45, 2.75) is 0 Å². The van der Waals surface area contributed by atoms with Gasteiger partial charge in [-0.2, -0.15) is 0 Å². The zero-order chi connectivity index (χ0) is 9.68. The van der Waals surface area contributed by atoms with E-state index in [1.54, 1.807) is 24.3 Å². The van der Waals surface area contributed by atoms with E-state index in [9.17, 15) is 4.79 Å². The molecule has 0 heterocycles. The first-order valence-electron chi connectivity index (χ1n) is 3.81. The zero-order valence-electron chi connectivity index (χ0n) is 7.30. The van der Waals surface area contributed by atoms with Crippen molar-refractivity contribution < 1.29 is 14.6 Å². The van der Waals surface area contributed by atoms with Crippen molar-refractivity contribution in [2.24, 2.45) is 0 Å². The minimum absolute atomic E-state index is 0.392. The minimum atomic E-state index is -0.575. The van der Waals surface area contributed by atoms with Crippen molar-refractivity contribution in [1.29, 1.82) is 0 Å². The Morgan fingerprint density at radius 3 is 2.54 bits per heavy atom. The number of carbonyl (C=O) groups is 1. The molecular weight excluding hydrogens is 170 g/mol. The number of benzene rings is 1. The standard InChI is InChI=1S/C9H11NO3/c1-13-9(12)10(7-11)8-5-3-2-4-6-8/h2-6,11H,7H2,1H3. The van der Waals surface area contributed by atoms with Crippen LogP contribution in [-0.4, -0.2) is 25.0 Å². The Morgan fingerprint density at radius 1 is 1.46 bits per heavy atom. The fraction of sp³-hybridized carbons (Fsp3) is 0.222. The number of ether oxygens (including phenoxy) is 1. The van der Waals surface area contributed by atoms with Crippen LogP contribution in [0.3, 0.4) is 0 Å². The van der Waals surface area contributed by atoms with Gasteiger partial charge in [-0.15, -0.1) is 0 Å². The van der Waals surface area contributed by atoms with Crippen molar-refractivity contribution in [2.75, 3.05) is 18.7 Å². The summed E-state index contributed by atoms with van der Waals surface area (Å²) in [5, 5.41) is 8.91. The molecule has 0 saturated carbocycles. The van der Waals surface area contributed by atoms with E-state index in [-0.39, 0.29) is 0 Å². The average Bonchev–Trinajstić information content (AvgIpc) is 2.20. The monoisotopic (exact) mass is 181 g/mol. The van der Waals surface area contributed by atoms with Crippen molar-refractivity contribution in [3.63, 3.8) is 0 Å². The van der Waals surface area contributed by atoms with Crippen molar-refractivity contribution >= 4 is 11.8 Å². The van der Waals surface area contributed by atoms with Crippen LogP contribution >= 0.6 is 0 Å². The summed E-state index contributed by atoms with van der Waals surface area (Å²) in [6, 6.07) is 8.82. The van der Waals surface area contributed by atoms with Crippen LogP contribution < -0.4 is 4.90 Å². The summed E-state index contributed by atoms with van der Waals surface area (Å²) < 4.78 is 4.48. The SMILES string of the molecule is COC(=O)N(CO)c1ccccc1. The second-order valence-corrected chi connectivity index (χ2v) is 2.38. The van der Waals surface area contributed by atoms with Gasteiger partial charge in [-0.05, 0) is 12.1 Å². The summed E-state index contributed by atoms with van der Waals surface area (Å²) in [5.41, 5.74) is 0.608. The number of aliphatic hydroxyl groups is 1. The van der Waals surface area contributed by atoms with E-state index in [4.69, 9.17) is 5.11 Å². The lowest BCUT2D eigenvalue weighted by molar-refractivity contribution is 0.168. The minimum Gasteiger partial charge on any atom is -0.452 e. The van der Waals surface area contributed by atoms with Crippen LogP contribution in [0, 0.1) is 0 Å². The van der Waals surface area contributed by atoms with Crippen LogP contribution in [0.15, 0.2) is 30.3 Å². The van der Waals surface area contributed by atoms with Gasteiger partial charge in [0.05, 0.1) is 7.11 Å². The normalized spacial score (nSPS) is 9.38. The number of rotatable bonds is 2. The van der Waals surface area contributed by atoms with Gasteiger partial charge >= 0.3 is 6.09 Å². The van der Waals surface area contributed by atoms with Crippen LogP contribution in [0.1, 0.15) is 0 Å². The van der Waals surface area contributed by atoms with Crippen LogP contribution in [-0.2, 0) is 4.74 Å². The first-order chi connectivity index (χ1) is 6.29. The van der Waals surface area contributed by atoms with Gasteiger partial charge in [0, 0.05) is 5.69 Å². The Hall–Kier alpha value is -1.55. The molecule has 1 aromatic rings. The molecule has 4 heteroatoms. The van der Waals surface area contributed by atoms with Gasteiger partial charge in [0.25, 0.3) is 0 Å². The molecule has 0 saturated heterocycles. The van der Waals surface area contributed by atoms with E-state index in [1.807, 2.05) is 6.07 Å². The zero-order valence-corrected chi connectivity index (χ0v) is 7.30. The van der Waals surface area contributed by atoms with Gasteiger partial charge in [-0.25, -0.2) is 4.79 Å². The molecule has 0 unspecified atom stereocenters. The molecule has 0 fully saturated rings. The fourth-order valence-corrected chi connectivity index (χ4v) is 0.963. The topological polar surface area (TPSA) is 49.8 Å². The molecular formula is C9H11NO3. The maximum absolute atomic E-state index is 11.1. The molecule has 1 N–H and O–H groups in total. The molecule has 0 aliphatic carbocycles. The molecule has 1 rings (SSSR count). The second kappa shape index (κ2) is 4.47. The molecule has 0 spiro atoms. The average molecular weight is 181 g/mol. The number of hydrogen-bond donors (Lipinski definition) is 1. The molecule has 0 atom stereocenters. The van der Waals surface area contributed by atoms with Gasteiger partial charge in [0.1, 0.15) is 6.73 Å². The van der Waals surface area contributed by atoms with Crippen LogP contribution in [0.2, 0.25) is 0 Å². The molecule has 1 aromatic carbocycles. The maximum Gasteiger partial charge on any atom is 0.415 e. The third-order valence-corrected chi connectivity index (χ3v) is 1.60. The summed E-state index contributed by atoms with van der Waals surface area (Å²) in [5.74, 6) is 0. The van der Waals surface area contributed by atoms with Gasteiger partial charge < -0.3 is 9.84 Å². The summed E-state index contributed by atoms with van der Waals surface area (Å²) >= 11 is 0. The molecule has 0 aliphatic heterocycles. The van der Waals surface area contributed by atoms with Gasteiger partial charge in [0.15, 0.2) is 0 Å². The molecule has 70 valence electrons. The lowest BCUT2D eigenvalue weighted by atomic mass is 10.3. The van der Waals surface area contributed by atoms with E-state index in [2.05, 4.69) is 4.74 Å². The van der Waals surface area contributed by atoms with Crippen molar-refractivity contribution in [3.8, 4) is 0 Å². The highest BCUT2D eigenvalue weighted by molar-refractivity contribution is 5.87. The molecule has 13 heavy (non-hydrogen) atoms. The number of anilines is 1. The lowest BCUT2D eigenvalue weighted by Gasteiger charge is -2.17. The maximum atomic E-state index is 11.1. The molecule has 0 bridgehead atoms. The third kappa shape index (κ3) is 2.19. The molecule has 0 aliphatic rings. The number of methoxy groups -OCH3 is 1. The predicted octanol–water partition coefficient (Wildman–Crippen LogP) is 1.21. The third-order valence-electron chi connectivity index (χ3n) is 1.60. The Balaban J connectivity index is 2.85. The largest absolute Gasteiger partial charge is 0.452 e. The smallest absolute Gasteiger partial charge is 0.415 e. The number of aliphatic hydroxyl groups excluding tert-OH is 1. The van der Waals surface area contributed by atoms with E-state index >= 15 is 0 Å². The second-order valence-electron chi connectivity index (χ2n) is 2.38. The van der Waals surface area contributed by atoms with E-state index in [0.29, 0.717) is 5.69 Å². The van der Waals surface area contributed by atoms with E-state index in [1.165, 1.54) is 7.11 Å². The van der Waals surface area contributed by atoms with Crippen LogP contribution in [0.25, 0.3) is 0 Å². The van der Waals surface area contributed by atoms with E-state index < -0.39 is 12.8 Å². The van der Waals surface area contributed by atoms with Gasteiger partial charge in [-0.1, -0.05) is 18.2 Å². The molecule has 0 aromatic heterocycles. The van der Waals surface area contributed by atoms with Gasteiger partial charge in [0.2, 0.25) is 0 Å². The molecule has 1 amide bonds. The number of carbonyl (C=O) groups excluding carboxylic acids is 1. The first kappa shape index (κ1) is 9.54. The highest BCUT2D eigenvalue weighted by atomic mass is 16.5. The highest BCUT2D eigenvalue weighted by Gasteiger charge is 2.13. The number of para-hydroxylation sites is 1. The highest BCUT2D eigenvalue weighted by Crippen LogP contribution is 2.12.